The molecule has 2 heterocycles. The van der Waals surface area contributed by atoms with Crippen LogP contribution in [0.1, 0.15) is 29.0 Å². The van der Waals surface area contributed by atoms with Crippen LogP contribution in [0.25, 0.3) is 5.65 Å². The highest BCUT2D eigenvalue weighted by Gasteiger charge is 2.10. The maximum absolute atomic E-state index is 11.4. The molecule has 0 atom stereocenters. The molecule has 2 aromatic heterocycles. The van der Waals surface area contributed by atoms with Gasteiger partial charge in [-0.25, -0.2) is 4.79 Å². The highest BCUT2D eigenvalue weighted by Crippen LogP contribution is 2.10. The van der Waals surface area contributed by atoms with Crippen LogP contribution >= 0.6 is 0 Å². The van der Waals surface area contributed by atoms with E-state index in [-0.39, 0.29) is 12.6 Å². The first-order valence-electron chi connectivity index (χ1n) is 5.79. The van der Waals surface area contributed by atoms with Crippen LogP contribution in [0.2, 0.25) is 0 Å². The zero-order valence-corrected chi connectivity index (χ0v) is 10.2. The summed E-state index contributed by atoms with van der Waals surface area (Å²) in [5, 5.41) is 16.8. The number of carbonyl (C=O) groups excluding carboxylic acids is 1. The Morgan fingerprint density at radius 2 is 2.22 bits per heavy atom. The van der Waals surface area contributed by atoms with E-state index in [1.165, 1.54) is 7.11 Å². The van der Waals surface area contributed by atoms with Crippen molar-refractivity contribution >= 4 is 11.6 Å². The molecule has 0 fully saturated rings. The normalized spacial score (nSPS) is 10.8. The smallest absolute Gasteiger partial charge is 0.339 e. The number of aliphatic hydroxyl groups is 1. The number of hydrogen-bond acceptors (Lipinski definition) is 5. The Morgan fingerprint density at radius 3 is 2.94 bits per heavy atom. The quantitative estimate of drug-likeness (QED) is 0.627. The van der Waals surface area contributed by atoms with Gasteiger partial charge < -0.3 is 9.84 Å². The number of fused-ring (bicyclic) bond motifs is 1. The molecule has 0 aliphatic heterocycles. The number of esters is 1. The lowest BCUT2D eigenvalue weighted by Gasteiger charge is -2.02. The minimum Gasteiger partial charge on any atom is -0.465 e. The summed E-state index contributed by atoms with van der Waals surface area (Å²) in [6, 6.07) is 3.39. The van der Waals surface area contributed by atoms with Crippen molar-refractivity contribution < 1.29 is 14.6 Å². The van der Waals surface area contributed by atoms with Gasteiger partial charge in [0.15, 0.2) is 5.65 Å². The van der Waals surface area contributed by atoms with E-state index in [0.717, 1.165) is 18.7 Å². The lowest BCUT2D eigenvalue weighted by Crippen LogP contribution is -2.04. The van der Waals surface area contributed by atoms with Crippen LogP contribution in [-0.4, -0.2) is 39.4 Å². The van der Waals surface area contributed by atoms with Crippen LogP contribution in [-0.2, 0) is 11.2 Å². The zero-order chi connectivity index (χ0) is 13.0. The fourth-order valence-corrected chi connectivity index (χ4v) is 1.74. The van der Waals surface area contributed by atoms with E-state index in [0.29, 0.717) is 17.6 Å². The Kier molecular flexibility index (Phi) is 3.88. The molecule has 6 nitrogen and oxygen atoms in total. The molecule has 0 aliphatic carbocycles. The number of pyridine rings is 1. The zero-order valence-electron chi connectivity index (χ0n) is 10.2. The average molecular weight is 249 g/mol. The molecule has 2 rings (SSSR count). The summed E-state index contributed by atoms with van der Waals surface area (Å²) < 4.78 is 6.46. The van der Waals surface area contributed by atoms with Gasteiger partial charge in [0.05, 0.1) is 12.7 Å². The van der Waals surface area contributed by atoms with E-state index in [4.69, 9.17) is 5.11 Å². The van der Waals surface area contributed by atoms with E-state index in [1.807, 2.05) is 0 Å². The SMILES string of the molecule is COC(=O)c1ccc2nnc(CCCCO)n2c1. The molecule has 0 spiro atoms. The molecule has 0 saturated heterocycles. The van der Waals surface area contributed by atoms with E-state index in [2.05, 4.69) is 14.9 Å². The maximum Gasteiger partial charge on any atom is 0.339 e. The van der Waals surface area contributed by atoms with Crippen LogP contribution < -0.4 is 0 Å². The van der Waals surface area contributed by atoms with Gasteiger partial charge in [-0.1, -0.05) is 0 Å². The third kappa shape index (κ3) is 2.48. The second-order valence-corrected chi connectivity index (χ2v) is 3.93. The van der Waals surface area contributed by atoms with E-state index in [1.54, 1.807) is 22.7 Å². The number of unbranched alkanes of at least 4 members (excludes halogenated alkanes) is 1. The molecule has 0 bridgehead atoms. The third-order valence-electron chi connectivity index (χ3n) is 2.70. The number of aromatic nitrogens is 3. The predicted molar refractivity (Wildman–Crippen MR) is 64.4 cm³/mol. The number of carbonyl (C=O) groups is 1. The summed E-state index contributed by atoms with van der Waals surface area (Å²) in [5.74, 6) is 0.399. The van der Waals surface area contributed by atoms with Crippen LogP contribution in [0.5, 0.6) is 0 Å². The Hall–Kier alpha value is -1.95. The first-order chi connectivity index (χ1) is 8.76. The molecular formula is C12H15N3O3. The van der Waals surface area contributed by atoms with Gasteiger partial charge in [0.1, 0.15) is 5.82 Å². The molecule has 2 aromatic rings. The van der Waals surface area contributed by atoms with Crippen molar-refractivity contribution in [3.05, 3.63) is 29.7 Å². The van der Waals surface area contributed by atoms with Crippen molar-refractivity contribution in [2.24, 2.45) is 0 Å². The van der Waals surface area contributed by atoms with Crippen molar-refractivity contribution in [2.75, 3.05) is 13.7 Å². The number of nitrogens with zero attached hydrogens (tertiary/aromatic N) is 3. The Labute approximate surface area is 104 Å². The minimum absolute atomic E-state index is 0.171. The first-order valence-corrected chi connectivity index (χ1v) is 5.79. The van der Waals surface area contributed by atoms with Crippen molar-refractivity contribution in [1.82, 2.24) is 14.6 Å². The molecule has 96 valence electrons. The van der Waals surface area contributed by atoms with Gasteiger partial charge >= 0.3 is 5.97 Å². The highest BCUT2D eigenvalue weighted by atomic mass is 16.5. The standard InChI is InChI=1S/C12H15N3O3/c1-18-12(17)9-5-6-11-14-13-10(15(11)8-9)4-2-3-7-16/h5-6,8,16H,2-4,7H2,1H3. The number of hydrogen-bond donors (Lipinski definition) is 1. The van der Waals surface area contributed by atoms with Gasteiger partial charge in [-0.05, 0) is 25.0 Å². The second kappa shape index (κ2) is 5.59. The topological polar surface area (TPSA) is 76.7 Å². The predicted octanol–water partition coefficient (Wildman–Crippen LogP) is 0.831. The molecule has 1 N–H and O–H groups in total. The van der Waals surface area contributed by atoms with Gasteiger partial charge in [0, 0.05) is 19.2 Å². The Bertz CT molecular complexity index is 550. The fourth-order valence-electron chi connectivity index (χ4n) is 1.74. The Balaban J connectivity index is 2.28. The molecule has 0 aromatic carbocycles. The molecule has 0 saturated carbocycles. The number of aliphatic hydroxyl groups excluding tert-OH is 1. The molecule has 0 unspecified atom stereocenters. The number of methoxy groups -OCH3 is 1. The van der Waals surface area contributed by atoms with Crippen LogP contribution in [0.4, 0.5) is 0 Å². The van der Waals surface area contributed by atoms with Gasteiger partial charge in [0.2, 0.25) is 0 Å². The number of rotatable bonds is 5. The maximum atomic E-state index is 11.4. The van der Waals surface area contributed by atoms with Crippen LogP contribution in [0.15, 0.2) is 18.3 Å². The summed E-state index contributed by atoms with van der Waals surface area (Å²) in [5.41, 5.74) is 1.16. The van der Waals surface area contributed by atoms with Crippen molar-refractivity contribution in [3.8, 4) is 0 Å². The summed E-state index contributed by atoms with van der Waals surface area (Å²) >= 11 is 0. The minimum atomic E-state index is -0.382. The Morgan fingerprint density at radius 1 is 1.39 bits per heavy atom. The third-order valence-corrected chi connectivity index (χ3v) is 2.70. The second-order valence-electron chi connectivity index (χ2n) is 3.93. The molecule has 0 aliphatic rings. The van der Waals surface area contributed by atoms with Crippen molar-refractivity contribution in [1.29, 1.82) is 0 Å². The number of aryl methyl sites for hydroxylation is 1. The lowest BCUT2D eigenvalue weighted by atomic mass is 10.2. The van der Waals surface area contributed by atoms with Crippen LogP contribution in [0, 0.1) is 0 Å². The highest BCUT2D eigenvalue weighted by molar-refractivity contribution is 5.89. The summed E-state index contributed by atoms with van der Waals surface area (Å²) in [4.78, 5) is 11.4. The van der Waals surface area contributed by atoms with E-state index >= 15 is 0 Å². The lowest BCUT2D eigenvalue weighted by molar-refractivity contribution is 0.0600. The fraction of sp³-hybridized carbons (Fsp3) is 0.417. The van der Waals surface area contributed by atoms with Crippen molar-refractivity contribution in [3.63, 3.8) is 0 Å². The largest absolute Gasteiger partial charge is 0.465 e. The summed E-state index contributed by atoms with van der Waals surface area (Å²) in [6.07, 6.45) is 3.95. The number of ether oxygens (including phenoxy) is 1. The molecule has 18 heavy (non-hydrogen) atoms. The van der Waals surface area contributed by atoms with Gasteiger partial charge in [0.25, 0.3) is 0 Å². The molecular weight excluding hydrogens is 234 g/mol. The van der Waals surface area contributed by atoms with E-state index in [9.17, 15) is 4.79 Å². The first kappa shape index (κ1) is 12.5. The summed E-state index contributed by atoms with van der Waals surface area (Å²) in [7, 11) is 1.35. The molecule has 6 heteroatoms. The van der Waals surface area contributed by atoms with Crippen LogP contribution in [0.3, 0.4) is 0 Å². The summed E-state index contributed by atoms with van der Waals surface area (Å²) in [6.45, 7) is 0.171. The van der Waals surface area contributed by atoms with Crippen molar-refractivity contribution in [2.45, 2.75) is 19.3 Å². The van der Waals surface area contributed by atoms with Gasteiger partial charge in [-0.15, -0.1) is 10.2 Å². The molecule has 0 amide bonds. The van der Waals surface area contributed by atoms with Gasteiger partial charge in [-0.3, -0.25) is 4.40 Å². The molecule has 0 radical (unpaired) electrons. The average Bonchev–Trinajstić information content (AvgIpc) is 2.81. The monoisotopic (exact) mass is 249 g/mol. The van der Waals surface area contributed by atoms with E-state index < -0.39 is 0 Å². The van der Waals surface area contributed by atoms with Gasteiger partial charge in [-0.2, -0.15) is 0 Å².